The van der Waals surface area contributed by atoms with Crippen molar-refractivity contribution in [2.24, 2.45) is 0 Å². The Morgan fingerprint density at radius 3 is 2.58 bits per heavy atom. The summed E-state index contributed by atoms with van der Waals surface area (Å²) in [7, 11) is 3.13. The molecular formula is C27H26N6O5. The van der Waals surface area contributed by atoms with Crippen LogP contribution in [0.2, 0.25) is 0 Å². The number of anilines is 1. The summed E-state index contributed by atoms with van der Waals surface area (Å²) in [6.07, 6.45) is 2.12. The van der Waals surface area contributed by atoms with Gasteiger partial charge in [0.25, 0.3) is 11.5 Å². The lowest BCUT2D eigenvalue weighted by Gasteiger charge is -2.15. The van der Waals surface area contributed by atoms with Crippen molar-refractivity contribution in [2.75, 3.05) is 19.5 Å². The van der Waals surface area contributed by atoms with E-state index in [1.807, 2.05) is 31.2 Å². The van der Waals surface area contributed by atoms with Gasteiger partial charge in [-0.3, -0.25) is 19.4 Å². The number of aryl methyl sites for hydroxylation is 4. The van der Waals surface area contributed by atoms with Crippen LogP contribution in [0.3, 0.4) is 0 Å². The normalized spacial score (nSPS) is 11.2. The number of ether oxygens (including phenoxy) is 2. The first kappa shape index (κ1) is 24.8. The van der Waals surface area contributed by atoms with E-state index in [1.165, 1.54) is 10.5 Å². The second-order valence-electron chi connectivity index (χ2n) is 8.81. The van der Waals surface area contributed by atoms with Crippen LogP contribution in [-0.4, -0.2) is 39.2 Å². The smallest absolute Gasteiger partial charge is 0.267 e. The third kappa shape index (κ3) is 4.38. The highest BCUT2D eigenvalue weighted by atomic mass is 16.5. The number of hydrogen-bond donors (Lipinski definition) is 2. The van der Waals surface area contributed by atoms with Gasteiger partial charge >= 0.3 is 0 Å². The number of amides is 1. The van der Waals surface area contributed by atoms with Crippen molar-refractivity contribution >= 4 is 28.4 Å². The fourth-order valence-corrected chi connectivity index (χ4v) is 4.37. The SMILES string of the molecule is COc1ccc(CCn2c(=N)c(C(=O)Nc3cc(C)on3)cc3c(=O)n4cccc(C)c4nc32)cc1OC. The maximum Gasteiger partial charge on any atom is 0.267 e. The molecule has 1 amide bonds. The van der Waals surface area contributed by atoms with Gasteiger partial charge in [0.15, 0.2) is 17.3 Å². The predicted molar refractivity (Wildman–Crippen MR) is 140 cm³/mol. The third-order valence-corrected chi connectivity index (χ3v) is 6.32. The van der Waals surface area contributed by atoms with E-state index in [9.17, 15) is 9.59 Å². The molecule has 2 N–H and O–H groups in total. The Hall–Kier alpha value is -4.93. The maximum absolute atomic E-state index is 13.5. The minimum Gasteiger partial charge on any atom is -0.493 e. The number of carbonyl (C=O) groups excluding carboxylic acids is 1. The molecule has 0 spiro atoms. The second-order valence-corrected chi connectivity index (χ2v) is 8.81. The summed E-state index contributed by atoms with van der Waals surface area (Å²) in [6.45, 7) is 3.85. The van der Waals surface area contributed by atoms with Crippen molar-refractivity contribution in [3.05, 3.63) is 87.0 Å². The topological polar surface area (TPSA) is 137 Å². The van der Waals surface area contributed by atoms with Crippen LogP contribution in [0.4, 0.5) is 5.82 Å². The van der Waals surface area contributed by atoms with Gasteiger partial charge in [-0.15, -0.1) is 0 Å². The molecule has 5 aromatic rings. The van der Waals surface area contributed by atoms with Crippen LogP contribution in [0.5, 0.6) is 11.5 Å². The highest BCUT2D eigenvalue weighted by Gasteiger charge is 2.19. The summed E-state index contributed by atoms with van der Waals surface area (Å²) in [5, 5.41) is 15.6. The first-order valence-electron chi connectivity index (χ1n) is 11.9. The van der Waals surface area contributed by atoms with Gasteiger partial charge in [-0.1, -0.05) is 17.3 Å². The van der Waals surface area contributed by atoms with E-state index in [4.69, 9.17) is 24.4 Å². The molecule has 4 aromatic heterocycles. The summed E-state index contributed by atoms with van der Waals surface area (Å²) in [5.74, 6) is 1.35. The minimum atomic E-state index is -0.584. The summed E-state index contributed by atoms with van der Waals surface area (Å²) in [6, 6.07) is 12.2. The number of methoxy groups -OCH3 is 2. The number of nitrogens with one attached hydrogen (secondary N) is 2. The Labute approximate surface area is 216 Å². The van der Waals surface area contributed by atoms with Crippen molar-refractivity contribution in [1.82, 2.24) is 19.1 Å². The lowest BCUT2D eigenvalue weighted by atomic mass is 10.1. The van der Waals surface area contributed by atoms with Crippen LogP contribution < -0.4 is 25.8 Å². The van der Waals surface area contributed by atoms with Gasteiger partial charge in [0.1, 0.15) is 22.5 Å². The molecule has 11 heteroatoms. The zero-order valence-electron chi connectivity index (χ0n) is 21.4. The van der Waals surface area contributed by atoms with Crippen molar-refractivity contribution < 1.29 is 18.8 Å². The van der Waals surface area contributed by atoms with Crippen LogP contribution in [0.1, 0.15) is 27.2 Å². The number of pyridine rings is 2. The van der Waals surface area contributed by atoms with Gasteiger partial charge in [0.2, 0.25) is 0 Å². The fourth-order valence-electron chi connectivity index (χ4n) is 4.37. The average Bonchev–Trinajstić information content (AvgIpc) is 3.32. The number of benzene rings is 1. The number of hydrogen-bond acceptors (Lipinski definition) is 8. The second kappa shape index (κ2) is 9.85. The lowest BCUT2D eigenvalue weighted by molar-refractivity contribution is 0.102. The summed E-state index contributed by atoms with van der Waals surface area (Å²) >= 11 is 0. The van der Waals surface area contributed by atoms with E-state index < -0.39 is 5.91 Å². The maximum atomic E-state index is 13.5. The van der Waals surface area contributed by atoms with E-state index >= 15 is 0 Å². The van der Waals surface area contributed by atoms with Crippen molar-refractivity contribution in [3.8, 4) is 11.5 Å². The van der Waals surface area contributed by atoms with Gasteiger partial charge in [0.05, 0.1) is 25.2 Å². The Morgan fingerprint density at radius 1 is 1.08 bits per heavy atom. The number of aromatic nitrogens is 4. The van der Waals surface area contributed by atoms with Gasteiger partial charge < -0.3 is 23.9 Å². The molecule has 194 valence electrons. The molecular weight excluding hydrogens is 488 g/mol. The summed E-state index contributed by atoms with van der Waals surface area (Å²) < 4.78 is 18.8. The van der Waals surface area contributed by atoms with Crippen molar-refractivity contribution in [1.29, 1.82) is 5.41 Å². The average molecular weight is 515 g/mol. The molecule has 38 heavy (non-hydrogen) atoms. The van der Waals surface area contributed by atoms with Gasteiger partial charge in [-0.05, 0) is 55.7 Å². The monoisotopic (exact) mass is 514 g/mol. The molecule has 4 heterocycles. The van der Waals surface area contributed by atoms with Crippen LogP contribution >= 0.6 is 0 Å². The first-order chi connectivity index (χ1) is 18.3. The predicted octanol–water partition coefficient (Wildman–Crippen LogP) is 3.25. The molecule has 0 aliphatic heterocycles. The molecule has 0 saturated heterocycles. The van der Waals surface area contributed by atoms with Gasteiger partial charge in [-0.2, -0.15) is 0 Å². The Kier molecular flexibility index (Phi) is 6.41. The van der Waals surface area contributed by atoms with E-state index in [1.54, 1.807) is 44.0 Å². The molecule has 1 aromatic carbocycles. The molecule has 0 radical (unpaired) electrons. The van der Waals surface area contributed by atoms with Gasteiger partial charge in [-0.25, -0.2) is 4.98 Å². The Morgan fingerprint density at radius 2 is 1.87 bits per heavy atom. The zero-order valence-corrected chi connectivity index (χ0v) is 21.4. The van der Waals surface area contributed by atoms with E-state index in [-0.39, 0.29) is 34.4 Å². The molecule has 0 aliphatic rings. The van der Waals surface area contributed by atoms with Crippen molar-refractivity contribution in [3.63, 3.8) is 0 Å². The lowest BCUT2D eigenvalue weighted by Crippen LogP contribution is -2.32. The van der Waals surface area contributed by atoms with Crippen LogP contribution in [-0.2, 0) is 13.0 Å². The molecule has 0 bridgehead atoms. The molecule has 5 rings (SSSR count). The molecule has 11 nitrogen and oxygen atoms in total. The highest BCUT2D eigenvalue weighted by Crippen LogP contribution is 2.28. The third-order valence-electron chi connectivity index (χ3n) is 6.32. The number of nitrogens with zero attached hydrogens (tertiary/aromatic N) is 4. The van der Waals surface area contributed by atoms with Gasteiger partial charge in [0, 0.05) is 18.8 Å². The molecule has 0 atom stereocenters. The molecule has 0 aliphatic carbocycles. The summed E-state index contributed by atoms with van der Waals surface area (Å²) in [4.78, 5) is 31.5. The van der Waals surface area contributed by atoms with Crippen LogP contribution in [0, 0.1) is 19.3 Å². The molecule has 0 saturated carbocycles. The fraction of sp³-hybridized carbons (Fsp3) is 0.222. The number of carbonyl (C=O) groups is 1. The number of fused-ring (bicyclic) bond motifs is 2. The quantitative estimate of drug-likeness (QED) is 0.318. The zero-order chi connectivity index (χ0) is 27.0. The Bertz CT molecular complexity index is 1820. The highest BCUT2D eigenvalue weighted by molar-refractivity contribution is 6.05. The van der Waals surface area contributed by atoms with Crippen molar-refractivity contribution in [2.45, 2.75) is 26.8 Å². The molecule has 0 unspecified atom stereocenters. The Balaban J connectivity index is 1.66. The van der Waals surface area contributed by atoms with Crippen LogP contribution in [0.15, 0.2) is 58.0 Å². The molecule has 0 fully saturated rings. The first-order valence-corrected chi connectivity index (χ1v) is 11.9. The summed E-state index contributed by atoms with van der Waals surface area (Å²) in [5.41, 5.74) is 2.14. The largest absolute Gasteiger partial charge is 0.493 e. The number of rotatable bonds is 7. The van der Waals surface area contributed by atoms with E-state index in [2.05, 4.69) is 10.5 Å². The van der Waals surface area contributed by atoms with E-state index in [0.29, 0.717) is 35.0 Å². The standard InChI is InChI=1S/C27H26N6O5/c1-15-6-5-10-33-24(15)30-25-19(27(33)35)14-18(26(34)29-22-12-16(2)38-31-22)23(28)32(25)11-9-17-7-8-20(36-3)21(13-17)37-4/h5-8,10,12-14,28H,9,11H2,1-4H3,(H,29,31,34). The van der Waals surface area contributed by atoms with E-state index in [0.717, 1.165) is 11.1 Å². The van der Waals surface area contributed by atoms with Crippen LogP contribution in [0.25, 0.3) is 16.7 Å². The minimum absolute atomic E-state index is 0.0111.